The van der Waals surface area contributed by atoms with Crippen molar-refractivity contribution in [2.45, 2.75) is 96.0 Å². The highest BCUT2D eigenvalue weighted by molar-refractivity contribution is 6.99. The Labute approximate surface area is 247 Å². The molecule has 6 heteroatoms. The largest absolute Gasteiger partial charge is 0.481 e. The Morgan fingerprint density at radius 3 is 2.29 bits per heavy atom. The van der Waals surface area contributed by atoms with E-state index in [1.54, 1.807) is 0 Å². The fourth-order valence-electron chi connectivity index (χ4n) is 7.66. The molecule has 5 rings (SSSR count). The minimum absolute atomic E-state index is 0.0680. The van der Waals surface area contributed by atoms with Crippen LogP contribution < -0.4 is 10.4 Å². The summed E-state index contributed by atoms with van der Waals surface area (Å²) in [4.78, 5) is 11.0. The first-order valence-corrected chi connectivity index (χ1v) is 17.6. The third kappa shape index (κ3) is 6.88. The standard InChI is InChI=1S/C35H48O5Si/c1-35(2,3)41(28-15-6-4-7-16-28,29-17-8-5-9-18-29)39-25-31-30-23-26(14-10-11-19-33(36)37)22-27(30)24-32(31)40-34-20-12-13-21-38-34/h4-9,14-18,27,30-32,34H,10-13,19-25H2,1-3H3,(H,36,37)/b26-14-/t27-,30-,31+,32+,34?/m0/s1. The van der Waals surface area contributed by atoms with Gasteiger partial charge in [0, 0.05) is 25.6 Å². The minimum atomic E-state index is -2.65. The van der Waals surface area contributed by atoms with Crippen LogP contribution in [0, 0.1) is 17.8 Å². The van der Waals surface area contributed by atoms with Crippen molar-refractivity contribution < 1.29 is 23.8 Å². The van der Waals surface area contributed by atoms with Crippen molar-refractivity contribution in [3.05, 3.63) is 72.3 Å². The van der Waals surface area contributed by atoms with Crippen LogP contribution in [0.4, 0.5) is 0 Å². The van der Waals surface area contributed by atoms with Crippen LogP contribution in [0.15, 0.2) is 72.3 Å². The average Bonchev–Trinajstić information content (AvgIpc) is 3.49. The zero-order chi connectivity index (χ0) is 28.9. The molecule has 0 radical (unpaired) electrons. The van der Waals surface area contributed by atoms with Gasteiger partial charge in [-0.1, -0.05) is 93.1 Å². The second-order valence-corrected chi connectivity index (χ2v) is 17.6. The highest BCUT2D eigenvalue weighted by atomic mass is 28.4. The van der Waals surface area contributed by atoms with Crippen molar-refractivity contribution in [3.8, 4) is 0 Å². The van der Waals surface area contributed by atoms with E-state index in [2.05, 4.69) is 87.5 Å². The number of hydrogen-bond acceptors (Lipinski definition) is 4. The minimum Gasteiger partial charge on any atom is -0.481 e. The summed E-state index contributed by atoms with van der Waals surface area (Å²) < 4.78 is 20.3. The van der Waals surface area contributed by atoms with Crippen LogP contribution in [-0.4, -0.2) is 45.0 Å². The normalized spacial score (nSPS) is 27.7. The summed E-state index contributed by atoms with van der Waals surface area (Å²) in [5, 5.41) is 11.6. The lowest BCUT2D eigenvalue weighted by atomic mass is 9.92. The van der Waals surface area contributed by atoms with Gasteiger partial charge in [0.1, 0.15) is 0 Å². The summed E-state index contributed by atoms with van der Waals surface area (Å²) in [7, 11) is -2.65. The van der Waals surface area contributed by atoms with E-state index < -0.39 is 14.3 Å². The highest BCUT2D eigenvalue weighted by Gasteiger charge is 2.53. The van der Waals surface area contributed by atoms with Gasteiger partial charge in [0.05, 0.1) is 6.10 Å². The summed E-state index contributed by atoms with van der Waals surface area (Å²) in [6.45, 7) is 8.49. The molecule has 0 spiro atoms. The molecule has 1 unspecified atom stereocenters. The van der Waals surface area contributed by atoms with Crippen molar-refractivity contribution >= 4 is 24.7 Å². The summed E-state index contributed by atoms with van der Waals surface area (Å²) in [6.07, 6.45) is 10.6. The molecule has 5 nitrogen and oxygen atoms in total. The molecule has 2 aromatic carbocycles. The number of hydrogen-bond donors (Lipinski definition) is 1. The Morgan fingerprint density at radius 1 is 1.02 bits per heavy atom. The summed E-state index contributed by atoms with van der Waals surface area (Å²) in [5.74, 6) is 0.698. The van der Waals surface area contributed by atoms with Gasteiger partial charge in [0.25, 0.3) is 8.32 Å². The average molecular weight is 577 g/mol. The Kier molecular flexibility index (Phi) is 9.85. The van der Waals surface area contributed by atoms with E-state index in [9.17, 15) is 4.79 Å². The van der Waals surface area contributed by atoms with Gasteiger partial charge in [-0.25, -0.2) is 0 Å². The first-order valence-electron chi connectivity index (χ1n) is 15.7. The molecule has 0 aromatic heterocycles. The smallest absolute Gasteiger partial charge is 0.303 e. The van der Waals surface area contributed by atoms with Crippen molar-refractivity contribution in [1.82, 2.24) is 0 Å². The third-order valence-electron chi connectivity index (χ3n) is 9.59. The topological polar surface area (TPSA) is 65.0 Å². The molecule has 0 bridgehead atoms. The van der Waals surface area contributed by atoms with E-state index in [0.29, 0.717) is 30.8 Å². The lowest BCUT2D eigenvalue weighted by Gasteiger charge is -2.44. The third-order valence-corrected chi connectivity index (χ3v) is 14.6. The molecule has 41 heavy (non-hydrogen) atoms. The number of carboxylic acids is 1. The number of fused-ring (bicyclic) bond motifs is 1. The van der Waals surface area contributed by atoms with Gasteiger partial charge in [0.2, 0.25) is 0 Å². The number of carbonyl (C=O) groups is 1. The molecule has 2 saturated carbocycles. The van der Waals surface area contributed by atoms with E-state index in [4.69, 9.17) is 19.0 Å². The molecule has 2 aliphatic carbocycles. The Morgan fingerprint density at radius 2 is 1.71 bits per heavy atom. The van der Waals surface area contributed by atoms with Gasteiger partial charge in [-0.2, -0.15) is 0 Å². The van der Waals surface area contributed by atoms with Crippen molar-refractivity contribution in [2.75, 3.05) is 13.2 Å². The van der Waals surface area contributed by atoms with Gasteiger partial charge in [-0.15, -0.1) is 0 Å². The maximum Gasteiger partial charge on any atom is 0.303 e. The van der Waals surface area contributed by atoms with E-state index in [0.717, 1.165) is 51.6 Å². The fourth-order valence-corrected chi connectivity index (χ4v) is 12.3. The van der Waals surface area contributed by atoms with E-state index >= 15 is 0 Å². The zero-order valence-corrected chi connectivity index (χ0v) is 26.1. The van der Waals surface area contributed by atoms with Crippen molar-refractivity contribution in [2.24, 2.45) is 17.8 Å². The molecule has 3 fully saturated rings. The Balaban J connectivity index is 1.42. The predicted octanol–water partition coefficient (Wildman–Crippen LogP) is 6.70. The number of ether oxygens (including phenoxy) is 2. The van der Waals surface area contributed by atoms with Gasteiger partial charge in [-0.05, 0) is 78.6 Å². The number of aliphatic carboxylic acids is 1. The van der Waals surface area contributed by atoms with E-state index in [1.807, 2.05) is 0 Å². The highest BCUT2D eigenvalue weighted by Crippen LogP contribution is 2.52. The van der Waals surface area contributed by atoms with Crippen molar-refractivity contribution in [1.29, 1.82) is 0 Å². The number of carboxylic acid groups (broad SMARTS) is 1. The molecule has 222 valence electrons. The maximum absolute atomic E-state index is 11.0. The first kappa shape index (κ1) is 30.2. The van der Waals surface area contributed by atoms with E-state index in [-0.39, 0.29) is 23.9 Å². The summed E-state index contributed by atoms with van der Waals surface area (Å²) in [5.41, 5.74) is 1.49. The molecule has 1 heterocycles. The monoisotopic (exact) mass is 576 g/mol. The van der Waals surface area contributed by atoms with Crippen molar-refractivity contribution in [3.63, 3.8) is 0 Å². The van der Waals surface area contributed by atoms with Crippen LogP contribution >= 0.6 is 0 Å². The second-order valence-electron chi connectivity index (χ2n) is 13.3. The predicted molar refractivity (Wildman–Crippen MR) is 166 cm³/mol. The van der Waals surface area contributed by atoms with Crippen LogP contribution in [0.2, 0.25) is 5.04 Å². The first-order chi connectivity index (χ1) is 19.8. The number of allylic oxidation sites excluding steroid dienone is 2. The van der Waals surface area contributed by atoms with Gasteiger partial charge in [-0.3, -0.25) is 4.79 Å². The molecule has 0 amide bonds. The van der Waals surface area contributed by atoms with Crippen LogP contribution in [0.25, 0.3) is 0 Å². The van der Waals surface area contributed by atoms with Gasteiger partial charge < -0.3 is 19.0 Å². The SMILES string of the molecule is CC(C)(C)[Si](OC[C@@H]1[C@H]2C/C(=C\CCCC(=O)O)C[C@H]2C[C@H]1OC1CCCCO1)(c1ccccc1)c1ccccc1. The summed E-state index contributed by atoms with van der Waals surface area (Å²) >= 11 is 0. The fraction of sp³-hybridized carbons (Fsp3) is 0.571. The van der Waals surface area contributed by atoms with Gasteiger partial charge >= 0.3 is 5.97 Å². The molecule has 2 aromatic rings. The number of unbranched alkanes of at least 4 members (excludes halogenated alkanes) is 1. The van der Waals surface area contributed by atoms with E-state index in [1.165, 1.54) is 15.9 Å². The Hall–Kier alpha value is -2.25. The molecule has 1 aliphatic heterocycles. The molecule has 3 aliphatic rings. The molecular weight excluding hydrogens is 528 g/mol. The quantitative estimate of drug-likeness (QED) is 0.183. The Bertz CT molecular complexity index is 1110. The van der Waals surface area contributed by atoms with Crippen LogP contribution in [0.3, 0.4) is 0 Å². The van der Waals surface area contributed by atoms with Crippen LogP contribution in [0.1, 0.15) is 78.6 Å². The van der Waals surface area contributed by atoms with Gasteiger partial charge in [0.15, 0.2) is 6.29 Å². The summed E-state index contributed by atoms with van der Waals surface area (Å²) in [6, 6.07) is 21.8. The number of benzene rings is 2. The molecule has 1 saturated heterocycles. The molecule has 5 atom stereocenters. The zero-order valence-electron chi connectivity index (χ0n) is 25.1. The maximum atomic E-state index is 11.0. The lowest BCUT2D eigenvalue weighted by Crippen LogP contribution is -2.67. The second kappa shape index (κ2) is 13.4. The number of rotatable bonds is 11. The lowest BCUT2D eigenvalue weighted by molar-refractivity contribution is -0.197. The van der Waals surface area contributed by atoms with Crippen LogP contribution in [0.5, 0.6) is 0 Å². The molecular formula is C35H48O5Si. The molecule has 1 N–H and O–H groups in total. The van der Waals surface area contributed by atoms with Crippen LogP contribution in [-0.2, 0) is 18.7 Å².